The van der Waals surface area contributed by atoms with Crippen LogP contribution in [-0.4, -0.2) is 19.3 Å². The first-order valence-electron chi connectivity index (χ1n) is 6.86. The zero-order chi connectivity index (χ0) is 18.4. The molecule has 0 aliphatic rings. The predicted octanol–water partition coefficient (Wildman–Crippen LogP) is 4.63. The highest BCUT2D eigenvalue weighted by Gasteiger charge is 2.25. The molecule has 8 nitrogen and oxygen atoms in total. The van der Waals surface area contributed by atoms with E-state index in [2.05, 4.69) is 28.3 Å². The minimum absolute atomic E-state index is 0.0631. The summed E-state index contributed by atoms with van der Waals surface area (Å²) in [5.41, 5.74) is 5.24. The molecule has 0 saturated carbocycles. The molecule has 1 unspecified atom stereocenters. The van der Waals surface area contributed by atoms with Crippen molar-refractivity contribution in [2.24, 2.45) is 14.6 Å². The summed E-state index contributed by atoms with van der Waals surface area (Å²) in [5.74, 6) is -3.06. The second kappa shape index (κ2) is 8.31. The lowest BCUT2D eigenvalue weighted by Gasteiger charge is -2.05. The maximum Gasteiger partial charge on any atom is 0.345 e. The summed E-state index contributed by atoms with van der Waals surface area (Å²) in [6, 6.07) is 3.80. The molecule has 0 aliphatic heterocycles. The highest BCUT2D eigenvalue weighted by Crippen LogP contribution is 2.34. The molecule has 1 aromatic heterocycles. The fourth-order valence-electron chi connectivity index (χ4n) is 1.62. The van der Waals surface area contributed by atoms with Crippen molar-refractivity contribution < 1.29 is 21.9 Å². The van der Waals surface area contributed by atoms with Crippen LogP contribution in [0, 0.1) is 0 Å². The molecular formula is C12H13F3N6O2S2. The molecule has 0 saturated heterocycles. The first-order valence-corrected chi connectivity index (χ1v) is 9.13. The molecule has 0 amide bonds. The molecular weight excluding hydrogens is 381 g/mol. The van der Waals surface area contributed by atoms with Crippen LogP contribution in [0.15, 0.2) is 32.8 Å². The van der Waals surface area contributed by atoms with Gasteiger partial charge in [0.05, 0.1) is 0 Å². The lowest BCUT2D eigenvalue weighted by Crippen LogP contribution is -2.10. The number of benzene rings is 1. The fraction of sp³-hybridized carbons (Fsp3) is 0.333. The summed E-state index contributed by atoms with van der Waals surface area (Å²) < 4.78 is 59.3. The molecule has 0 bridgehead atoms. The van der Waals surface area contributed by atoms with Gasteiger partial charge in [0.1, 0.15) is 17.2 Å². The van der Waals surface area contributed by atoms with Gasteiger partial charge in [-0.05, 0) is 29.1 Å². The van der Waals surface area contributed by atoms with Gasteiger partial charge < -0.3 is 5.73 Å². The Hall–Kier alpha value is -2.12. The lowest BCUT2D eigenvalue weighted by molar-refractivity contribution is -0.000950. The maximum atomic E-state index is 12.7. The Labute approximate surface area is 145 Å². The molecule has 25 heavy (non-hydrogen) atoms. The summed E-state index contributed by atoms with van der Waals surface area (Å²) in [5, 5.41) is 7.87. The number of hydrogen-bond donors (Lipinski definition) is 1. The van der Waals surface area contributed by atoms with Crippen molar-refractivity contribution >= 4 is 43.7 Å². The molecule has 1 heterocycles. The average Bonchev–Trinajstić information content (AvgIpc) is 3.02. The van der Waals surface area contributed by atoms with Crippen molar-refractivity contribution in [3.63, 3.8) is 0 Å². The Balaban J connectivity index is 2.40. The van der Waals surface area contributed by atoms with Crippen LogP contribution >= 0.6 is 11.5 Å². The molecule has 2 N–H and O–H groups in total. The standard InChI is InChI=1S/C12H13F3N6O2S2/c1-2-3-10-17-12(24-20-10)19-18-8-5-4-7(16)6-9(8)21-25(22,23-15)11(13)14/h4-6,11H,2-3,16H2,1H3. The van der Waals surface area contributed by atoms with Crippen LogP contribution in [0.2, 0.25) is 0 Å². The predicted molar refractivity (Wildman–Crippen MR) is 87.4 cm³/mol. The second-order valence-electron chi connectivity index (χ2n) is 4.62. The van der Waals surface area contributed by atoms with Crippen LogP contribution in [0.3, 0.4) is 0 Å². The van der Waals surface area contributed by atoms with Crippen LogP contribution in [0.4, 0.5) is 35.5 Å². The summed E-state index contributed by atoms with van der Waals surface area (Å²) in [4.78, 5) is 4.11. The van der Waals surface area contributed by atoms with E-state index in [4.69, 9.17) is 5.73 Å². The average molecular weight is 394 g/mol. The van der Waals surface area contributed by atoms with Crippen molar-refractivity contribution in [1.29, 1.82) is 0 Å². The first kappa shape index (κ1) is 19.2. The SMILES string of the molecule is CCCc1nsc(N=Nc2ccc(N)cc2N=S(=O)(OF)C(F)F)n1. The first-order chi connectivity index (χ1) is 11.9. The zero-order valence-corrected chi connectivity index (χ0v) is 14.4. The highest BCUT2D eigenvalue weighted by atomic mass is 32.2. The monoisotopic (exact) mass is 394 g/mol. The Morgan fingerprint density at radius 3 is 2.76 bits per heavy atom. The third-order valence-electron chi connectivity index (χ3n) is 2.71. The van der Waals surface area contributed by atoms with Crippen molar-refractivity contribution in [1.82, 2.24) is 9.36 Å². The van der Waals surface area contributed by atoms with Crippen LogP contribution < -0.4 is 5.73 Å². The summed E-state index contributed by atoms with van der Waals surface area (Å²) in [6.45, 7) is 1.97. The molecule has 0 radical (unpaired) electrons. The van der Waals surface area contributed by atoms with E-state index in [1.165, 1.54) is 12.1 Å². The molecule has 136 valence electrons. The molecule has 13 heteroatoms. The van der Waals surface area contributed by atoms with Crippen molar-refractivity contribution in [3.8, 4) is 0 Å². The van der Waals surface area contributed by atoms with Crippen molar-refractivity contribution in [3.05, 3.63) is 24.0 Å². The van der Waals surface area contributed by atoms with E-state index in [0.717, 1.165) is 24.0 Å². The summed E-state index contributed by atoms with van der Waals surface area (Å²) in [6.07, 6.45) is 1.54. The number of aryl methyl sites for hydroxylation is 1. The lowest BCUT2D eigenvalue weighted by atomic mass is 10.2. The van der Waals surface area contributed by atoms with E-state index in [-0.39, 0.29) is 22.2 Å². The Morgan fingerprint density at radius 1 is 1.36 bits per heavy atom. The second-order valence-corrected chi connectivity index (χ2v) is 7.05. The van der Waals surface area contributed by atoms with Gasteiger partial charge in [-0.2, -0.15) is 17.5 Å². The number of nitrogen functional groups attached to an aromatic ring is 1. The van der Waals surface area contributed by atoms with Gasteiger partial charge in [-0.15, -0.1) is 10.2 Å². The maximum absolute atomic E-state index is 12.7. The third-order valence-corrected chi connectivity index (χ3v) is 4.44. The van der Waals surface area contributed by atoms with Gasteiger partial charge in [0.15, 0.2) is 0 Å². The molecule has 0 spiro atoms. The molecule has 0 fully saturated rings. The van der Waals surface area contributed by atoms with E-state index in [1.807, 2.05) is 6.92 Å². The van der Waals surface area contributed by atoms with E-state index < -0.39 is 15.8 Å². The third kappa shape index (κ3) is 4.93. The fourth-order valence-corrected chi connectivity index (χ4v) is 2.75. The Morgan fingerprint density at radius 2 is 2.12 bits per heavy atom. The quantitative estimate of drug-likeness (QED) is 0.543. The van der Waals surface area contributed by atoms with E-state index in [0.29, 0.717) is 12.2 Å². The Bertz CT molecular complexity index is 879. The van der Waals surface area contributed by atoms with Gasteiger partial charge in [0, 0.05) is 23.6 Å². The molecule has 2 aromatic rings. The number of nitrogens with zero attached hydrogens (tertiary/aromatic N) is 5. The van der Waals surface area contributed by atoms with Crippen molar-refractivity contribution in [2.45, 2.75) is 25.5 Å². The largest absolute Gasteiger partial charge is 0.399 e. The van der Waals surface area contributed by atoms with E-state index >= 15 is 0 Å². The van der Waals surface area contributed by atoms with Gasteiger partial charge in [0.25, 0.3) is 10.0 Å². The number of hydrogen-bond acceptors (Lipinski definition) is 9. The minimum atomic E-state index is -4.88. The number of halogens is 3. The molecule has 1 aromatic carbocycles. The summed E-state index contributed by atoms with van der Waals surface area (Å²) >= 11 is 1.00. The van der Waals surface area contributed by atoms with Gasteiger partial charge >= 0.3 is 5.76 Å². The van der Waals surface area contributed by atoms with E-state index in [9.17, 15) is 17.5 Å². The minimum Gasteiger partial charge on any atom is -0.399 e. The molecule has 2 rings (SSSR count). The van der Waals surface area contributed by atoms with E-state index in [1.54, 1.807) is 0 Å². The number of anilines is 1. The van der Waals surface area contributed by atoms with Crippen LogP contribution in [0.5, 0.6) is 0 Å². The van der Waals surface area contributed by atoms with Crippen molar-refractivity contribution in [2.75, 3.05) is 5.73 Å². The van der Waals surface area contributed by atoms with Gasteiger partial charge in [-0.25, -0.2) is 9.19 Å². The molecule has 0 aliphatic carbocycles. The highest BCUT2D eigenvalue weighted by molar-refractivity contribution is 7.89. The molecule has 1 atom stereocenters. The normalized spacial score (nSPS) is 14.1. The smallest absolute Gasteiger partial charge is 0.345 e. The summed E-state index contributed by atoms with van der Waals surface area (Å²) in [7, 11) is -4.88. The van der Waals surface area contributed by atoms with Crippen LogP contribution in [0.1, 0.15) is 19.2 Å². The number of rotatable bonds is 7. The number of nitrogens with two attached hydrogens (primary N) is 1. The van der Waals surface area contributed by atoms with Crippen LogP contribution in [0.25, 0.3) is 0 Å². The Kier molecular flexibility index (Phi) is 6.39. The van der Waals surface area contributed by atoms with Crippen LogP contribution in [-0.2, 0) is 20.8 Å². The topological polar surface area (TPSA) is 115 Å². The number of azo groups is 1. The number of aromatic nitrogens is 2. The van der Waals surface area contributed by atoms with Gasteiger partial charge in [-0.3, -0.25) is 0 Å². The van der Waals surface area contributed by atoms with Gasteiger partial charge in [-0.1, -0.05) is 11.3 Å². The van der Waals surface area contributed by atoms with Gasteiger partial charge in [0.2, 0.25) is 5.13 Å². The zero-order valence-electron chi connectivity index (χ0n) is 12.8. The number of alkyl halides is 2.